The summed E-state index contributed by atoms with van der Waals surface area (Å²) in [5.74, 6) is 0. The summed E-state index contributed by atoms with van der Waals surface area (Å²) in [5.41, 5.74) is 9.11. The smallest absolute Gasteiger partial charge is 0.187 e. The lowest BCUT2D eigenvalue weighted by molar-refractivity contribution is 0.861. The van der Waals surface area contributed by atoms with Crippen LogP contribution in [0.15, 0.2) is 54.3 Å². The molecular weight excluding hydrogens is 402 g/mol. The van der Waals surface area contributed by atoms with Crippen LogP contribution in [0.2, 0.25) is 0 Å². The van der Waals surface area contributed by atoms with E-state index in [2.05, 4.69) is 84.7 Å². The van der Waals surface area contributed by atoms with Gasteiger partial charge in [0.05, 0.1) is 17.7 Å². The number of anilines is 3. The largest absolute Gasteiger partial charge is 0.372 e. The Kier molecular flexibility index (Phi) is 6.09. The van der Waals surface area contributed by atoms with Crippen LogP contribution >= 0.6 is 11.3 Å². The van der Waals surface area contributed by atoms with Crippen LogP contribution < -0.4 is 10.2 Å². The summed E-state index contributed by atoms with van der Waals surface area (Å²) in [7, 11) is 0. The molecule has 2 aromatic heterocycles. The Balaban J connectivity index is 1.55. The summed E-state index contributed by atoms with van der Waals surface area (Å²) < 4.78 is 2.03. The van der Waals surface area contributed by atoms with Gasteiger partial charge in [-0.15, -0.1) is 11.3 Å². The number of imidazole rings is 1. The molecule has 2 heterocycles. The number of aromatic nitrogens is 3. The third-order valence-electron chi connectivity index (χ3n) is 5.57. The lowest BCUT2D eigenvalue weighted by Crippen LogP contribution is -2.22. The maximum atomic E-state index is 4.84. The average molecular weight is 432 g/mol. The van der Waals surface area contributed by atoms with Crippen molar-refractivity contribution in [2.75, 3.05) is 23.3 Å². The molecule has 6 heteroatoms. The molecule has 31 heavy (non-hydrogen) atoms. The monoisotopic (exact) mass is 431 g/mol. The minimum Gasteiger partial charge on any atom is -0.372 e. The van der Waals surface area contributed by atoms with E-state index >= 15 is 0 Å². The predicted molar refractivity (Wildman–Crippen MR) is 132 cm³/mol. The first-order valence-corrected chi connectivity index (χ1v) is 11.6. The van der Waals surface area contributed by atoms with E-state index in [1.807, 2.05) is 24.0 Å². The maximum Gasteiger partial charge on any atom is 0.187 e. The molecule has 0 radical (unpaired) electrons. The molecule has 0 saturated carbocycles. The van der Waals surface area contributed by atoms with Gasteiger partial charge in [-0.3, -0.25) is 0 Å². The molecule has 1 N–H and O–H groups in total. The molecule has 0 saturated heterocycles. The Labute approximate surface area is 188 Å². The first-order valence-electron chi connectivity index (χ1n) is 10.7. The quantitative estimate of drug-likeness (QED) is 0.362. The minimum atomic E-state index is 0.904. The van der Waals surface area contributed by atoms with E-state index in [0.717, 1.165) is 46.5 Å². The van der Waals surface area contributed by atoms with Crippen molar-refractivity contribution in [2.45, 2.75) is 34.6 Å². The van der Waals surface area contributed by atoms with Gasteiger partial charge in [-0.25, -0.2) is 9.97 Å². The molecule has 160 valence electrons. The van der Waals surface area contributed by atoms with E-state index in [9.17, 15) is 0 Å². The Morgan fingerprint density at radius 3 is 2.39 bits per heavy atom. The van der Waals surface area contributed by atoms with Crippen molar-refractivity contribution >= 4 is 27.8 Å². The van der Waals surface area contributed by atoms with Crippen LogP contribution in [0.25, 0.3) is 16.9 Å². The minimum absolute atomic E-state index is 0.904. The van der Waals surface area contributed by atoms with E-state index in [1.54, 1.807) is 11.3 Å². The molecule has 4 aromatic rings. The Hall–Kier alpha value is -3.12. The lowest BCUT2D eigenvalue weighted by Gasteiger charge is -2.24. The fourth-order valence-corrected chi connectivity index (χ4v) is 4.56. The number of nitrogens with one attached hydrogen (secondary N) is 1. The number of hydrogen-bond acceptors (Lipinski definition) is 5. The summed E-state index contributed by atoms with van der Waals surface area (Å²) in [4.78, 5) is 11.5. The van der Waals surface area contributed by atoms with Gasteiger partial charge >= 0.3 is 0 Å². The zero-order valence-electron chi connectivity index (χ0n) is 18.8. The van der Waals surface area contributed by atoms with Crippen molar-refractivity contribution in [3.8, 4) is 16.9 Å². The molecule has 0 bridgehead atoms. The second-order valence-corrected chi connectivity index (χ2v) is 8.62. The summed E-state index contributed by atoms with van der Waals surface area (Å²) in [6.07, 6.45) is 3.86. The third-order valence-corrected chi connectivity index (χ3v) is 6.32. The van der Waals surface area contributed by atoms with Crippen LogP contribution in [0.5, 0.6) is 0 Å². The Morgan fingerprint density at radius 2 is 1.74 bits per heavy atom. The van der Waals surface area contributed by atoms with Crippen LogP contribution in [0.3, 0.4) is 0 Å². The molecule has 0 atom stereocenters. The second kappa shape index (κ2) is 8.94. The van der Waals surface area contributed by atoms with Gasteiger partial charge in [0.2, 0.25) is 0 Å². The van der Waals surface area contributed by atoms with Crippen molar-refractivity contribution < 1.29 is 0 Å². The van der Waals surface area contributed by atoms with E-state index in [1.165, 1.54) is 16.8 Å². The highest BCUT2D eigenvalue weighted by atomic mass is 32.1. The zero-order chi connectivity index (χ0) is 22.0. The number of benzene rings is 2. The van der Waals surface area contributed by atoms with Gasteiger partial charge in [-0.05, 0) is 63.9 Å². The van der Waals surface area contributed by atoms with Crippen molar-refractivity contribution in [1.29, 1.82) is 0 Å². The SMILES string of the molecule is CCN(CC)c1cc(Nc2nc(-c3ccc(-n4cnc(C)c4)cc3)cs2)c(C)cc1C. The molecule has 0 spiro atoms. The molecule has 0 fully saturated rings. The molecule has 0 unspecified atom stereocenters. The number of rotatable bonds is 7. The van der Waals surface area contributed by atoms with Crippen molar-refractivity contribution in [2.24, 2.45) is 0 Å². The molecule has 0 aliphatic rings. The highest BCUT2D eigenvalue weighted by molar-refractivity contribution is 7.14. The van der Waals surface area contributed by atoms with Gasteiger partial charge in [0.1, 0.15) is 0 Å². The van der Waals surface area contributed by atoms with E-state index in [0.29, 0.717) is 0 Å². The summed E-state index contributed by atoms with van der Waals surface area (Å²) >= 11 is 1.63. The topological polar surface area (TPSA) is 46.0 Å². The molecular formula is C25H29N5S. The van der Waals surface area contributed by atoms with Gasteiger partial charge in [-0.2, -0.15) is 0 Å². The van der Waals surface area contributed by atoms with E-state index in [-0.39, 0.29) is 0 Å². The average Bonchev–Trinajstić information content (AvgIpc) is 3.41. The summed E-state index contributed by atoms with van der Waals surface area (Å²) in [6, 6.07) is 12.9. The fourth-order valence-electron chi connectivity index (χ4n) is 3.83. The van der Waals surface area contributed by atoms with Crippen LogP contribution in [0.4, 0.5) is 16.5 Å². The van der Waals surface area contributed by atoms with Crippen LogP contribution in [0.1, 0.15) is 30.7 Å². The number of thiazole rings is 1. The van der Waals surface area contributed by atoms with Gasteiger partial charge in [0, 0.05) is 47.3 Å². The van der Waals surface area contributed by atoms with Crippen molar-refractivity contribution in [3.05, 3.63) is 71.1 Å². The highest BCUT2D eigenvalue weighted by Gasteiger charge is 2.12. The van der Waals surface area contributed by atoms with Gasteiger partial charge < -0.3 is 14.8 Å². The molecule has 2 aromatic carbocycles. The van der Waals surface area contributed by atoms with Crippen molar-refractivity contribution in [1.82, 2.24) is 14.5 Å². The van der Waals surface area contributed by atoms with Crippen LogP contribution in [0, 0.1) is 20.8 Å². The molecule has 4 rings (SSSR count). The van der Waals surface area contributed by atoms with E-state index in [4.69, 9.17) is 4.98 Å². The number of nitrogens with zero attached hydrogens (tertiary/aromatic N) is 4. The molecule has 0 aliphatic carbocycles. The first-order chi connectivity index (χ1) is 15.0. The number of aryl methyl sites for hydroxylation is 3. The molecule has 0 amide bonds. The lowest BCUT2D eigenvalue weighted by atomic mass is 10.1. The standard InChI is InChI=1S/C25H29N5S/c1-6-29(7-2)24-13-22(17(3)12-18(24)4)27-25-28-23(15-31-25)20-8-10-21(11-9-20)30-14-19(5)26-16-30/h8-16H,6-7H2,1-5H3,(H,27,28). The number of hydrogen-bond donors (Lipinski definition) is 1. The molecule has 0 aliphatic heterocycles. The predicted octanol–water partition coefficient (Wildman–Crippen LogP) is 6.51. The third kappa shape index (κ3) is 4.49. The van der Waals surface area contributed by atoms with Gasteiger partial charge in [0.15, 0.2) is 5.13 Å². The zero-order valence-corrected chi connectivity index (χ0v) is 19.6. The second-order valence-electron chi connectivity index (χ2n) is 7.76. The summed E-state index contributed by atoms with van der Waals surface area (Å²) in [5, 5.41) is 6.55. The summed E-state index contributed by atoms with van der Waals surface area (Å²) in [6.45, 7) is 12.7. The first kappa shape index (κ1) is 21.1. The van der Waals surface area contributed by atoms with Crippen LogP contribution in [-0.4, -0.2) is 27.6 Å². The normalized spacial score (nSPS) is 11.0. The van der Waals surface area contributed by atoms with E-state index < -0.39 is 0 Å². The Bertz CT molecular complexity index is 1170. The van der Waals surface area contributed by atoms with Gasteiger partial charge in [-0.1, -0.05) is 18.2 Å². The maximum absolute atomic E-state index is 4.84. The van der Waals surface area contributed by atoms with Crippen LogP contribution in [-0.2, 0) is 0 Å². The van der Waals surface area contributed by atoms with Gasteiger partial charge in [0.25, 0.3) is 0 Å². The highest BCUT2D eigenvalue weighted by Crippen LogP contribution is 2.32. The fraction of sp³-hybridized carbons (Fsp3) is 0.280. The van der Waals surface area contributed by atoms with Crippen molar-refractivity contribution in [3.63, 3.8) is 0 Å². The molecule has 5 nitrogen and oxygen atoms in total. The Morgan fingerprint density at radius 1 is 1.00 bits per heavy atom.